The second-order valence-corrected chi connectivity index (χ2v) is 4.97. The van der Waals surface area contributed by atoms with E-state index in [1.54, 1.807) is 0 Å². The summed E-state index contributed by atoms with van der Waals surface area (Å²) >= 11 is 0. The van der Waals surface area contributed by atoms with Crippen molar-refractivity contribution in [3.8, 4) is 0 Å². The van der Waals surface area contributed by atoms with Gasteiger partial charge in [-0.15, -0.1) is 0 Å². The largest absolute Gasteiger partial charge is 0.480 e. The first-order valence-corrected chi connectivity index (χ1v) is 6.17. The number of carboxylic acids is 1. The molecular weight excluding hydrogens is 204 g/mol. The Kier molecular flexibility index (Phi) is 8.21. The van der Waals surface area contributed by atoms with Crippen LogP contribution >= 0.6 is 0 Å². The van der Waals surface area contributed by atoms with E-state index in [-0.39, 0.29) is 0 Å². The van der Waals surface area contributed by atoms with Crippen molar-refractivity contribution < 1.29 is 9.90 Å². The Morgan fingerprint density at radius 1 is 1.31 bits per heavy atom. The van der Waals surface area contributed by atoms with Gasteiger partial charge in [0.15, 0.2) is 0 Å². The zero-order valence-electron chi connectivity index (χ0n) is 10.5. The van der Waals surface area contributed by atoms with E-state index in [4.69, 9.17) is 16.6 Å². The molecule has 1 rings (SSSR count). The number of aliphatic carboxylic acids is 1. The third-order valence-corrected chi connectivity index (χ3v) is 2.69. The van der Waals surface area contributed by atoms with E-state index in [0.29, 0.717) is 18.4 Å². The van der Waals surface area contributed by atoms with Crippen molar-refractivity contribution in [1.29, 1.82) is 0 Å². The Balaban J connectivity index is 0.000000288. The van der Waals surface area contributed by atoms with Gasteiger partial charge < -0.3 is 16.6 Å². The van der Waals surface area contributed by atoms with Crippen molar-refractivity contribution in [1.82, 2.24) is 0 Å². The van der Waals surface area contributed by atoms with Crippen LogP contribution in [0.25, 0.3) is 0 Å². The minimum Gasteiger partial charge on any atom is -0.480 e. The molecule has 4 nitrogen and oxygen atoms in total. The molecule has 1 aliphatic carbocycles. The van der Waals surface area contributed by atoms with Crippen LogP contribution in [0.3, 0.4) is 0 Å². The summed E-state index contributed by atoms with van der Waals surface area (Å²) in [5, 5.41) is 8.31. The number of carboxylic acid groups (broad SMARTS) is 1. The Morgan fingerprint density at radius 3 is 2.00 bits per heavy atom. The van der Waals surface area contributed by atoms with Crippen molar-refractivity contribution in [2.75, 3.05) is 0 Å². The number of rotatable bonds is 3. The molecule has 0 aliphatic heterocycles. The Bertz CT molecular complexity index is 189. The molecule has 5 N–H and O–H groups in total. The number of hydrogen-bond donors (Lipinski definition) is 3. The molecule has 1 aliphatic rings. The summed E-state index contributed by atoms with van der Waals surface area (Å²) in [7, 11) is 0. The van der Waals surface area contributed by atoms with Gasteiger partial charge in [0.1, 0.15) is 6.04 Å². The molecule has 16 heavy (non-hydrogen) atoms. The molecule has 1 atom stereocenters. The molecule has 4 heteroatoms. The fraction of sp³-hybridized carbons (Fsp3) is 0.917. The topological polar surface area (TPSA) is 89.3 Å². The summed E-state index contributed by atoms with van der Waals surface area (Å²) in [4.78, 5) is 10.1. The summed E-state index contributed by atoms with van der Waals surface area (Å²) < 4.78 is 0. The monoisotopic (exact) mass is 230 g/mol. The average Bonchev–Trinajstić information content (AvgIpc) is 2.18. The SMILES string of the molecule is CC(C)CC(N)C(=O)O.NC1CCCCC1. The van der Waals surface area contributed by atoms with Crippen molar-refractivity contribution in [3.05, 3.63) is 0 Å². The van der Waals surface area contributed by atoms with Gasteiger partial charge in [-0.25, -0.2) is 0 Å². The molecule has 0 bridgehead atoms. The predicted octanol–water partition coefficient (Wildman–Crippen LogP) is 1.72. The second-order valence-electron chi connectivity index (χ2n) is 4.97. The first-order chi connectivity index (χ1) is 7.43. The van der Waals surface area contributed by atoms with Crippen molar-refractivity contribution in [2.45, 2.75) is 64.5 Å². The fourth-order valence-corrected chi connectivity index (χ4v) is 1.74. The third kappa shape index (κ3) is 8.68. The highest BCUT2D eigenvalue weighted by atomic mass is 16.4. The van der Waals surface area contributed by atoms with Crippen LogP contribution in [-0.2, 0) is 4.79 Å². The van der Waals surface area contributed by atoms with Crippen LogP contribution in [0.2, 0.25) is 0 Å². The quantitative estimate of drug-likeness (QED) is 0.688. The molecule has 1 saturated carbocycles. The minimum absolute atomic E-state index is 0.357. The van der Waals surface area contributed by atoms with Crippen LogP contribution in [0.5, 0.6) is 0 Å². The maximum Gasteiger partial charge on any atom is 0.320 e. The van der Waals surface area contributed by atoms with E-state index in [2.05, 4.69) is 0 Å². The second kappa shape index (κ2) is 8.53. The van der Waals surface area contributed by atoms with E-state index < -0.39 is 12.0 Å². The third-order valence-electron chi connectivity index (χ3n) is 2.69. The van der Waals surface area contributed by atoms with E-state index in [1.807, 2.05) is 13.8 Å². The molecule has 0 heterocycles. The smallest absolute Gasteiger partial charge is 0.320 e. The summed E-state index contributed by atoms with van der Waals surface area (Å²) in [6.07, 6.45) is 7.21. The van der Waals surface area contributed by atoms with Gasteiger partial charge in [0, 0.05) is 6.04 Å². The summed E-state index contributed by atoms with van der Waals surface area (Å²) in [6.45, 7) is 3.89. The molecule has 0 spiro atoms. The Morgan fingerprint density at radius 2 is 1.81 bits per heavy atom. The maximum absolute atomic E-state index is 10.1. The average molecular weight is 230 g/mol. The lowest BCUT2D eigenvalue weighted by Gasteiger charge is -2.15. The number of nitrogens with two attached hydrogens (primary N) is 2. The van der Waals surface area contributed by atoms with Gasteiger partial charge in [0.25, 0.3) is 0 Å². The zero-order valence-corrected chi connectivity index (χ0v) is 10.5. The molecule has 0 saturated heterocycles. The van der Waals surface area contributed by atoms with Gasteiger partial charge in [-0.1, -0.05) is 33.1 Å². The molecule has 1 unspecified atom stereocenters. The van der Waals surface area contributed by atoms with Crippen molar-refractivity contribution in [2.24, 2.45) is 17.4 Å². The van der Waals surface area contributed by atoms with Gasteiger partial charge >= 0.3 is 5.97 Å². The van der Waals surface area contributed by atoms with Gasteiger partial charge in [-0.2, -0.15) is 0 Å². The van der Waals surface area contributed by atoms with E-state index in [1.165, 1.54) is 32.1 Å². The lowest BCUT2D eigenvalue weighted by atomic mass is 9.97. The molecule has 0 aromatic carbocycles. The molecule has 0 amide bonds. The normalized spacial score (nSPS) is 18.8. The molecule has 0 aromatic heterocycles. The molecule has 0 radical (unpaired) electrons. The van der Waals surface area contributed by atoms with Crippen LogP contribution in [0.1, 0.15) is 52.4 Å². The highest BCUT2D eigenvalue weighted by Gasteiger charge is 2.11. The van der Waals surface area contributed by atoms with Gasteiger partial charge in [0.2, 0.25) is 0 Å². The van der Waals surface area contributed by atoms with Gasteiger partial charge in [-0.05, 0) is 25.2 Å². The standard InChI is InChI=1S/C6H13NO2.C6H13N/c1-4(2)3-5(7)6(8)9;7-6-4-2-1-3-5-6/h4-5H,3,7H2,1-2H3,(H,8,9);6H,1-5,7H2. The van der Waals surface area contributed by atoms with E-state index >= 15 is 0 Å². The fourth-order valence-electron chi connectivity index (χ4n) is 1.74. The highest BCUT2D eigenvalue weighted by molar-refractivity contribution is 5.72. The number of carbonyl (C=O) groups is 1. The minimum atomic E-state index is -0.913. The lowest BCUT2D eigenvalue weighted by molar-refractivity contribution is -0.138. The first-order valence-electron chi connectivity index (χ1n) is 6.17. The number of hydrogen-bond acceptors (Lipinski definition) is 3. The lowest BCUT2D eigenvalue weighted by Crippen LogP contribution is -2.31. The summed E-state index contributed by atoms with van der Waals surface area (Å²) in [5.74, 6) is -0.556. The van der Waals surface area contributed by atoms with Crippen LogP contribution in [0, 0.1) is 5.92 Å². The molecular formula is C12H26N2O2. The van der Waals surface area contributed by atoms with Crippen LogP contribution in [0.15, 0.2) is 0 Å². The maximum atomic E-state index is 10.1. The summed E-state index contributed by atoms with van der Waals surface area (Å²) in [6, 6.07) is -0.154. The van der Waals surface area contributed by atoms with Crippen molar-refractivity contribution >= 4 is 5.97 Å². The zero-order chi connectivity index (χ0) is 12.6. The van der Waals surface area contributed by atoms with Crippen molar-refractivity contribution in [3.63, 3.8) is 0 Å². The molecule has 0 aromatic rings. The summed E-state index contributed by atoms with van der Waals surface area (Å²) in [5.41, 5.74) is 10.9. The Labute approximate surface area is 98.4 Å². The van der Waals surface area contributed by atoms with Crippen LogP contribution < -0.4 is 11.5 Å². The van der Waals surface area contributed by atoms with Crippen LogP contribution in [-0.4, -0.2) is 23.2 Å². The first kappa shape index (κ1) is 15.4. The van der Waals surface area contributed by atoms with Crippen LogP contribution in [0.4, 0.5) is 0 Å². The van der Waals surface area contributed by atoms with E-state index in [9.17, 15) is 4.79 Å². The Hall–Kier alpha value is -0.610. The van der Waals surface area contributed by atoms with Gasteiger partial charge in [-0.3, -0.25) is 4.79 Å². The molecule has 96 valence electrons. The molecule has 1 fully saturated rings. The van der Waals surface area contributed by atoms with Gasteiger partial charge in [0.05, 0.1) is 0 Å². The van der Waals surface area contributed by atoms with E-state index in [0.717, 1.165) is 0 Å². The predicted molar refractivity (Wildman–Crippen MR) is 66.1 cm³/mol. The highest BCUT2D eigenvalue weighted by Crippen LogP contribution is 2.14.